The van der Waals surface area contributed by atoms with Crippen molar-refractivity contribution in [2.75, 3.05) is 6.54 Å². The summed E-state index contributed by atoms with van der Waals surface area (Å²) >= 11 is 0. The first kappa shape index (κ1) is 39.2. The van der Waals surface area contributed by atoms with Crippen molar-refractivity contribution >= 4 is 38.7 Å². The smallest absolute Gasteiger partial charge is 0.876 e. The molecule has 34 heavy (non-hydrogen) atoms. The first-order valence-corrected chi connectivity index (χ1v) is 25.6. The first-order chi connectivity index (χ1) is 14.6. The van der Waals surface area contributed by atoms with E-state index < -0.39 is 32.9 Å². The SMILES string of the molecule is CC(/C=C(/C)[O-])=NCCc1ccccn1.C[Si](C)(C)[N-][Si](C)(C)C.C[Si](C)(C)[N-][Si](C)(C)C.[Yb+3]. The first-order valence-electron chi connectivity index (χ1n) is 11.8. The Hall–Kier alpha value is 0.667. The summed E-state index contributed by atoms with van der Waals surface area (Å²) in [6, 6.07) is 5.82. The fraction of sp³-hybridized carbons (Fsp3) is 0.667. The summed E-state index contributed by atoms with van der Waals surface area (Å²) in [6.07, 6.45) is 4.12. The Morgan fingerprint density at radius 3 is 1.50 bits per heavy atom. The van der Waals surface area contributed by atoms with Crippen LogP contribution in [0.5, 0.6) is 0 Å². The van der Waals surface area contributed by atoms with Gasteiger partial charge in [0, 0.05) is 30.6 Å². The van der Waals surface area contributed by atoms with Gasteiger partial charge < -0.3 is 14.4 Å². The predicted molar refractivity (Wildman–Crippen MR) is 160 cm³/mol. The molecular formula is C24H51N4OSi4Yb. The summed E-state index contributed by atoms with van der Waals surface area (Å²) in [5.41, 5.74) is 1.80. The van der Waals surface area contributed by atoms with Gasteiger partial charge in [-0.3, -0.25) is 9.98 Å². The van der Waals surface area contributed by atoms with Crippen LogP contribution in [-0.2, 0) is 6.42 Å². The van der Waals surface area contributed by atoms with Crippen molar-refractivity contribution in [2.45, 2.75) is 98.8 Å². The average Bonchev–Trinajstić information content (AvgIpc) is 2.49. The molecule has 1 radical (unpaired) electrons. The van der Waals surface area contributed by atoms with Crippen molar-refractivity contribution in [1.29, 1.82) is 0 Å². The van der Waals surface area contributed by atoms with E-state index in [2.05, 4.69) is 88.5 Å². The van der Waals surface area contributed by atoms with E-state index >= 15 is 0 Å². The summed E-state index contributed by atoms with van der Waals surface area (Å²) in [5, 5.41) is 10.7. The Bertz CT molecular complexity index is 664. The van der Waals surface area contributed by atoms with Crippen LogP contribution in [0.2, 0.25) is 78.6 Å². The van der Waals surface area contributed by atoms with Crippen LogP contribution in [0, 0.1) is 46.9 Å². The summed E-state index contributed by atoms with van der Waals surface area (Å²) in [7, 11) is -4.42. The minimum absolute atomic E-state index is 0. The predicted octanol–water partition coefficient (Wildman–Crippen LogP) is 7.41. The summed E-state index contributed by atoms with van der Waals surface area (Å²) in [6.45, 7) is 31.6. The van der Waals surface area contributed by atoms with Gasteiger partial charge in [0.2, 0.25) is 0 Å². The van der Waals surface area contributed by atoms with Gasteiger partial charge in [-0.05, 0) is 19.1 Å². The largest absolute Gasteiger partial charge is 3.00 e. The van der Waals surface area contributed by atoms with Crippen LogP contribution in [0.1, 0.15) is 19.5 Å². The third-order valence-electron chi connectivity index (χ3n) is 3.21. The molecule has 0 fully saturated rings. The summed E-state index contributed by atoms with van der Waals surface area (Å²) < 4.78 is 9.64. The fourth-order valence-corrected chi connectivity index (χ4v) is 19.3. The maximum Gasteiger partial charge on any atom is 3.00 e. The zero-order valence-electron chi connectivity index (χ0n) is 24.3. The van der Waals surface area contributed by atoms with Gasteiger partial charge in [0.15, 0.2) is 0 Å². The molecule has 1 heterocycles. The van der Waals surface area contributed by atoms with Crippen LogP contribution in [-0.4, -0.2) is 50.2 Å². The van der Waals surface area contributed by atoms with Gasteiger partial charge in [0.1, 0.15) is 0 Å². The van der Waals surface area contributed by atoms with E-state index in [-0.39, 0.29) is 52.7 Å². The molecule has 0 amide bonds. The van der Waals surface area contributed by atoms with E-state index in [1.807, 2.05) is 25.1 Å². The van der Waals surface area contributed by atoms with Gasteiger partial charge in [0.25, 0.3) is 0 Å². The van der Waals surface area contributed by atoms with Gasteiger partial charge in [-0.15, -0.1) is 5.76 Å². The van der Waals surface area contributed by atoms with Gasteiger partial charge in [-0.2, -0.15) is 0 Å². The Morgan fingerprint density at radius 2 is 1.24 bits per heavy atom. The molecule has 1 rings (SSSR count). The van der Waals surface area contributed by atoms with E-state index in [0.29, 0.717) is 6.54 Å². The fourth-order valence-electron chi connectivity index (χ4n) is 3.25. The maximum atomic E-state index is 10.7. The standard InChI is InChI=1S/C12H16N2O.2C6H18NSi2.Yb/c1-10(9-11(2)15)13-8-6-12-5-3-4-7-14-12;2*1-8(2,3)7-9(4,5)6;/h3-5,7,9,15H,6,8H2,1-2H3;2*1-6H3;/q;2*-1;+3/p-1/b11-9-,13-10?;;;. The number of allylic oxidation sites excluding steroid dienone is 2. The van der Waals surface area contributed by atoms with Gasteiger partial charge in [-0.1, -0.05) is 131 Å². The normalized spacial score (nSPS) is 13.1. The number of aliphatic imine (C=N–C) groups is 1. The molecule has 1 aromatic rings. The minimum atomic E-state index is -1.11. The minimum Gasteiger partial charge on any atom is -0.876 e. The third-order valence-corrected chi connectivity index (χ3v) is 13.9. The molecule has 0 aromatic carbocycles. The molecule has 0 aliphatic heterocycles. The second-order valence-corrected chi connectivity index (χ2v) is 31.4. The number of aromatic nitrogens is 1. The van der Waals surface area contributed by atoms with Crippen molar-refractivity contribution in [3.63, 3.8) is 0 Å². The molecule has 0 unspecified atom stereocenters. The Kier molecular flexibility index (Phi) is 20.8. The zero-order valence-corrected chi connectivity index (χ0v) is 30.0. The van der Waals surface area contributed by atoms with Crippen LogP contribution in [0.15, 0.2) is 41.2 Å². The summed E-state index contributed by atoms with van der Waals surface area (Å²) in [4.78, 5) is 8.45. The number of nitrogens with zero attached hydrogens (tertiary/aromatic N) is 4. The molecule has 1 aromatic heterocycles. The average molecular weight is 697 g/mol. The van der Waals surface area contributed by atoms with E-state index in [1.54, 1.807) is 12.3 Å². The third kappa shape index (κ3) is 34.8. The number of pyridine rings is 1. The molecule has 0 aliphatic rings. The number of rotatable bonds is 8. The van der Waals surface area contributed by atoms with Crippen LogP contribution in [0.4, 0.5) is 0 Å². The van der Waals surface area contributed by atoms with E-state index in [1.165, 1.54) is 6.92 Å². The van der Waals surface area contributed by atoms with Crippen LogP contribution >= 0.6 is 0 Å². The molecule has 0 bridgehead atoms. The molecule has 0 spiro atoms. The van der Waals surface area contributed by atoms with E-state index in [0.717, 1.165) is 17.8 Å². The van der Waals surface area contributed by atoms with Crippen molar-refractivity contribution in [1.82, 2.24) is 4.98 Å². The number of hydrogen-bond acceptors (Lipinski definition) is 3. The molecule has 203 valence electrons. The van der Waals surface area contributed by atoms with Crippen LogP contribution < -0.4 is 5.11 Å². The molecule has 0 aliphatic carbocycles. The van der Waals surface area contributed by atoms with Crippen molar-refractivity contribution in [3.05, 3.63) is 51.2 Å². The molecule has 0 saturated heterocycles. The van der Waals surface area contributed by atoms with Crippen molar-refractivity contribution < 1.29 is 52.0 Å². The molecule has 0 saturated carbocycles. The second-order valence-electron chi connectivity index (χ2n) is 12.3. The zero-order chi connectivity index (χ0) is 26.5. The van der Waals surface area contributed by atoms with Crippen LogP contribution in [0.3, 0.4) is 0 Å². The molecule has 5 nitrogen and oxygen atoms in total. The van der Waals surface area contributed by atoms with E-state index in [4.69, 9.17) is 9.30 Å². The van der Waals surface area contributed by atoms with Crippen molar-refractivity contribution in [2.24, 2.45) is 4.99 Å². The summed E-state index contributed by atoms with van der Waals surface area (Å²) in [5.74, 6) is 0.0362. The second kappa shape index (κ2) is 18.0. The topological polar surface area (TPSA) is 76.5 Å². The monoisotopic (exact) mass is 697 g/mol. The van der Waals surface area contributed by atoms with E-state index in [9.17, 15) is 5.11 Å². The molecule has 10 heteroatoms. The van der Waals surface area contributed by atoms with Gasteiger partial charge in [-0.25, -0.2) is 0 Å². The Morgan fingerprint density at radius 1 is 0.824 bits per heavy atom. The van der Waals surface area contributed by atoms with Gasteiger partial charge in [0.05, 0.1) is 0 Å². The van der Waals surface area contributed by atoms with Gasteiger partial charge >= 0.3 is 46.9 Å². The quantitative estimate of drug-likeness (QED) is 0.161. The number of hydrogen-bond donors (Lipinski definition) is 0. The molecule has 0 atom stereocenters. The molecular weight excluding hydrogens is 646 g/mol. The molecule has 0 N–H and O–H groups in total. The Balaban J connectivity index is -0.000000443. The van der Waals surface area contributed by atoms with Crippen molar-refractivity contribution in [3.8, 4) is 0 Å². The van der Waals surface area contributed by atoms with Crippen LogP contribution in [0.25, 0.3) is 9.30 Å². The maximum absolute atomic E-state index is 10.7. The Labute approximate surface area is 254 Å².